The van der Waals surface area contributed by atoms with Gasteiger partial charge < -0.3 is 10.8 Å². The van der Waals surface area contributed by atoms with Gasteiger partial charge in [0.05, 0.1) is 0 Å². The molecule has 4 heteroatoms. The van der Waals surface area contributed by atoms with E-state index in [1.165, 1.54) is 0 Å². The topological polar surface area (TPSA) is 66.6 Å². The summed E-state index contributed by atoms with van der Waals surface area (Å²) in [5.74, 6) is -0.839. The van der Waals surface area contributed by atoms with Gasteiger partial charge in [-0.2, -0.15) is 0 Å². The van der Waals surface area contributed by atoms with Gasteiger partial charge in [-0.05, 0) is 20.0 Å². The number of carbonyl (C=O) groups is 1. The van der Waals surface area contributed by atoms with Crippen molar-refractivity contribution in [1.29, 1.82) is 0 Å². The molecule has 0 aromatic rings. The summed E-state index contributed by atoms with van der Waals surface area (Å²) in [6, 6.07) is -0.887. The fraction of sp³-hybridized carbons (Fsp3) is 0.875. The summed E-state index contributed by atoms with van der Waals surface area (Å²) in [6.07, 6.45) is 0. The molecule has 0 fully saturated rings. The number of nitrogens with zero attached hydrogens (tertiary/aromatic N) is 1. The Morgan fingerprint density at radius 3 is 2.00 bits per heavy atom. The molecule has 4 nitrogen and oxygen atoms in total. The van der Waals surface area contributed by atoms with E-state index in [-0.39, 0.29) is 6.04 Å². The Labute approximate surface area is 73.3 Å². The van der Waals surface area contributed by atoms with Crippen LogP contribution in [0.3, 0.4) is 0 Å². The molecule has 0 saturated carbocycles. The summed E-state index contributed by atoms with van der Waals surface area (Å²) in [4.78, 5) is 12.6. The number of hydrogen-bond donors (Lipinski definition) is 2. The molecule has 72 valence electrons. The molecule has 0 radical (unpaired) electrons. The molecule has 2 atom stereocenters. The van der Waals surface area contributed by atoms with E-state index in [0.29, 0.717) is 0 Å². The van der Waals surface area contributed by atoms with Crippen LogP contribution in [-0.2, 0) is 4.79 Å². The summed E-state index contributed by atoms with van der Waals surface area (Å²) in [5, 5.41) is 8.85. The van der Waals surface area contributed by atoms with Crippen LogP contribution in [0, 0.1) is 0 Å². The van der Waals surface area contributed by atoms with Gasteiger partial charge >= 0.3 is 5.97 Å². The van der Waals surface area contributed by atoms with Gasteiger partial charge in [-0.25, -0.2) is 0 Å². The van der Waals surface area contributed by atoms with Crippen molar-refractivity contribution in [3.05, 3.63) is 0 Å². The highest BCUT2D eigenvalue weighted by Crippen LogP contribution is 2.02. The monoisotopic (exact) mass is 174 g/mol. The molecule has 12 heavy (non-hydrogen) atoms. The predicted molar refractivity (Wildman–Crippen MR) is 48.0 cm³/mol. The average Bonchev–Trinajstić information content (AvgIpc) is 1.98. The van der Waals surface area contributed by atoms with Crippen molar-refractivity contribution in [3.8, 4) is 0 Å². The van der Waals surface area contributed by atoms with Crippen LogP contribution in [0.1, 0.15) is 20.8 Å². The maximum Gasteiger partial charge on any atom is 0.322 e. The highest BCUT2D eigenvalue weighted by molar-refractivity contribution is 5.74. The predicted octanol–water partition coefficient (Wildman–Crippen LogP) is 0.129. The summed E-state index contributed by atoms with van der Waals surface area (Å²) in [6.45, 7) is 7.02. The zero-order valence-corrected chi connectivity index (χ0v) is 7.95. The van der Waals surface area contributed by atoms with Crippen molar-refractivity contribution in [2.45, 2.75) is 32.9 Å². The molecule has 0 rings (SSSR count). The molecule has 0 heterocycles. The minimum atomic E-state index is -0.839. The number of aliphatic carboxylic acids is 1. The quantitative estimate of drug-likeness (QED) is 0.621. The van der Waals surface area contributed by atoms with E-state index in [0.717, 1.165) is 13.1 Å². The van der Waals surface area contributed by atoms with Crippen molar-refractivity contribution in [2.24, 2.45) is 5.73 Å². The van der Waals surface area contributed by atoms with Crippen LogP contribution in [0.2, 0.25) is 0 Å². The third-order valence-corrected chi connectivity index (χ3v) is 1.96. The van der Waals surface area contributed by atoms with Gasteiger partial charge in [-0.3, -0.25) is 9.69 Å². The molecule has 0 amide bonds. The van der Waals surface area contributed by atoms with Crippen molar-refractivity contribution < 1.29 is 9.90 Å². The number of likely N-dealkylation sites (N-methyl/N-ethyl adjacent to an activating group) is 1. The van der Waals surface area contributed by atoms with E-state index in [4.69, 9.17) is 10.8 Å². The first kappa shape index (κ1) is 11.4. The molecule has 3 N–H and O–H groups in total. The number of hydrogen-bond acceptors (Lipinski definition) is 3. The molecular formula is C8H18N2O2. The average molecular weight is 174 g/mol. The second-order valence-electron chi connectivity index (χ2n) is 2.86. The Morgan fingerprint density at radius 1 is 1.50 bits per heavy atom. The molecule has 0 saturated heterocycles. The third kappa shape index (κ3) is 2.79. The number of carboxylic acids is 1. The summed E-state index contributed by atoms with van der Waals surface area (Å²) < 4.78 is 0. The highest BCUT2D eigenvalue weighted by atomic mass is 16.4. The number of nitrogens with two attached hydrogens (primary N) is 1. The van der Waals surface area contributed by atoms with Crippen LogP contribution in [-0.4, -0.2) is 41.1 Å². The van der Waals surface area contributed by atoms with E-state index < -0.39 is 12.0 Å². The number of rotatable bonds is 5. The zero-order chi connectivity index (χ0) is 9.72. The Hall–Kier alpha value is -0.610. The van der Waals surface area contributed by atoms with Crippen LogP contribution >= 0.6 is 0 Å². The molecule has 0 bridgehead atoms. The normalized spacial score (nSPS) is 16.1. The Bertz CT molecular complexity index is 144. The second kappa shape index (κ2) is 5.11. The Morgan fingerprint density at radius 2 is 1.92 bits per heavy atom. The summed E-state index contributed by atoms with van der Waals surface area (Å²) >= 11 is 0. The third-order valence-electron chi connectivity index (χ3n) is 1.96. The lowest BCUT2D eigenvalue weighted by atomic mass is 10.1. The van der Waals surface area contributed by atoms with E-state index in [1.807, 2.05) is 18.7 Å². The lowest BCUT2D eigenvalue weighted by Gasteiger charge is -2.28. The first-order valence-electron chi connectivity index (χ1n) is 4.27. The first-order chi connectivity index (χ1) is 5.54. The molecule has 0 aliphatic heterocycles. The van der Waals surface area contributed by atoms with E-state index in [2.05, 4.69) is 0 Å². The van der Waals surface area contributed by atoms with E-state index in [1.54, 1.807) is 6.92 Å². The lowest BCUT2D eigenvalue weighted by Crippen LogP contribution is -2.51. The van der Waals surface area contributed by atoms with Crippen molar-refractivity contribution in [1.82, 2.24) is 4.90 Å². The van der Waals surface area contributed by atoms with Gasteiger partial charge in [0.1, 0.15) is 6.04 Å². The van der Waals surface area contributed by atoms with Crippen LogP contribution in [0.5, 0.6) is 0 Å². The second-order valence-corrected chi connectivity index (χ2v) is 2.86. The van der Waals surface area contributed by atoms with Gasteiger partial charge in [0.2, 0.25) is 0 Å². The minimum absolute atomic E-state index is 0.331. The van der Waals surface area contributed by atoms with Crippen LogP contribution < -0.4 is 5.73 Å². The Balaban J connectivity index is 4.36. The fourth-order valence-electron chi connectivity index (χ4n) is 1.33. The molecule has 0 aromatic carbocycles. The summed E-state index contributed by atoms with van der Waals surface area (Å²) in [7, 11) is 0. The zero-order valence-electron chi connectivity index (χ0n) is 7.95. The van der Waals surface area contributed by atoms with Gasteiger partial charge in [0.15, 0.2) is 0 Å². The Kier molecular flexibility index (Phi) is 4.85. The molecule has 2 unspecified atom stereocenters. The molecule has 0 aliphatic rings. The van der Waals surface area contributed by atoms with Gasteiger partial charge in [0.25, 0.3) is 0 Å². The van der Waals surface area contributed by atoms with Crippen molar-refractivity contribution >= 4 is 5.97 Å². The van der Waals surface area contributed by atoms with Gasteiger partial charge in [0, 0.05) is 6.04 Å². The standard InChI is InChI=1S/C8H18N2O2/c1-4-10(5-2)7(6(3)9)8(11)12/h6-7H,4-5,9H2,1-3H3,(H,11,12). The summed E-state index contributed by atoms with van der Waals surface area (Å²) in [5.41, 5.74) is 5.57. The minimum Gasteiger partial charge on any atom is -0.480 e. The molecular weight excluding hydrogens is 156 g/mol. The first-order valence-corrected chi connectivity index (χ1v) is 4.27. The largest absolute Gasteiger partial charge is 0.480 e. The van der Waals surface area contributed by atoms with Crippen LogP contribution in [0.15, 0.2) is 0 Å². The maximum atomic E-state index is 10.8. The fourth-order valence-corrected chi connectivity index (χ4v) is 1.33. The maximum absolute atomic E-state index is 10.8. The SMILES string of the molecule is CCN(CC)C(C(=O)O)C(C)N. The van der Waals surface area contributed by atoms with Gasteiger partial charge in [-0.1, -0.05) is 13.8 Å². The molecule has 0 spiro atoms. The smallest absolute Gasteiger partial charge is 0.322 e. The molecule has 0 aromatic heterocycles. The highest BCUT2D eigenvalue weighted by Gasteiger charge is 2.26. The van der Waals surface area contributed by atoms with E-state index >= 15 is 0 Å². The lowest BCUT2D eigenvalue weighted by molar-refractivity contribution is -0.143. The number of carboxylic acid groups (broad SMARTS) is 1. The van der Waals surface area contributed by atoms with Crippen molar-refractivity contribution in [2.75, 3.05) is 13.1 Å². The molecule has 0 aliphatic carbocycles. The van der Waals surface area contributed by atoms with Crippen molar-refractivity contribution in [3.63, 3.8) is 0 Å². The van der Waals surface area contributed by atoms with Crippen LogP contribution in [0.4, 0.5) is 0 Å². The van der Waals surface area contributed by atoms with E-state index in [9.17, 15) is 4.79 Å². The van der Waals surface area contributed by atoms with Crippen LogP contribution in [0.25, 0.3) is 0 Å². The van der Waals surface area contributed by atoms with Gasteiger partial charge in [-0.15, -0.1) is 0 Å².